The maximum Gasteiger partial charge on any atom is 0.286 e. The summed E-state index contributed by atoms with van der Waals surface area (Å²) >= 11 is 0. The van der Waals surface area contributed by atoms with Gasteiger partial charge in [-0.15, -0.1) is 0 Å². The standard InChI is InChI=1S/C22H32N4O6/c1-3-32-20-15-18(26(29)30)17(14-19(20)31-2)22(28)25-12-10-23(11-13-25)16-21(27)24-8-6-4-5-7-9-24/h14-15H,3-13,16H2,1-2H3. The molecular weight excluding hydrogens is 416 g/mol. The van der Waals surface area contributed by atoms with Gasteiger partial charge in [-0.05, 0) is 19.8 Å². The molecule has 10 heteroatoms. The predicted octanol–water partition coefficient (Wildman–Crippen LogP) is 2.16. The highest BCUT2D eigenvalue weighted by atomic mass is 16.6. The number of nitro groups is 1. The molecule has 0 spiro atoms. The number of hydrogen-bond donors (Lipinski definition) is 0. The second-order valence-electron chi connectivity index (χ2n) is 8.07. The largest absolute Gasteiger partial charge is 0.493 e. The van der Waals surface area contributed by atoms with Gasteiger partial charge in [0.2, 0.25) is 5.91 Å². The van der Waals surface area contributed by atoms with Gasteiger partial charge in [-0.2, -0.15) is 0 Å². The molecule has 2 aliphatic rings. The number of nitro benzene ring substituents is 1. The monoisotopic (exact) mass is 448 g/mol. The smallest absolute Gasteiger partial charge is 0.286 e. The summed E-state index contributed by atoms with van der Waals surface area (Å²) in [6.07, 6.45) is 4.46. The number of amides is 2. The zero-order valence-corrected chi connectivity index (χ0v) is 18.9. The Kier molecular flexibility index (Phi) is 8.26. The number of likely N-dealkylation sites (tertiary alicyclic amines) is 1. The first-order valence-electron chi connectivity index (χ1n) is 11.2. The molecule has 2 fully saturated rings. The third kappa shape index (κ3) is 5.67. The van der Waals surface area contributed by atoms with Crippen LogP contribution in [-0.2, 0) is 4.79 Å². The highest BCUT2D eigenvalue weighted by Gasteiger charge is 2.30. The van der Waals surface area contributed by atoms with Gasteiger partial charge in [0.15, 0.2) is 11.5 Å². The van der Waals surface area contributed by atoms with Gasteiger partial charge >= 0.3 is 0 Å². The first-order chi connectivity index (χ1) is 15.4. The molecule has 2 amide bonds. The van der Waals surface area contributed by atoms with Crippen molar-refractivity contribution >= 4 is 17.5 Å². The Bertz CT molecular complexity index is 830. The minimum absolute atomic E-state index is 0.0237. The summed E-state index contributed by atoms with van der Waals surface area (Å²) in [5, 5.41) is 11.6. The van der Waals surface area contributed by atoms with Crippen LogP contribution in [0.4, 0.5) is 5.69 Å². The van der Waals surface area contributed by atoms with Crippen LogP contribution in [0.5, 0.6) is 11.5 Å². The molecule has 2 saturated heterocycles. The molecule has 1 aromatic carbocycles. The normalized spacial score (nSPS) is 17.6. The maximum absolute atomic E-state index is 13.1. The fraction of sp³-hybridized carbons (Fsp3) is 0.636. The Morgan fingerprint density at radius 3 is 2.19 bits per heavy atom. The van der Waals surface area contributed by atoms with Crippen molar-refractivity contribution in [1.82, 2.24) is 14.7 Å². The molecule has 10 nitrogen and oxygen atoms in total. The minimum Gasteiger partial charge on any atom is -0.493 e. The van der Waals surface area contributed by atoms with E-state index in [1.54, 1.807) is 11.8 Å². The summed E-state index contributed by atoms with van der Waals surface area (Å²) < 4.78 is 10.7. The number of carbonyl (C=O) groups is 2. The van der Waals surface area contributed by atoms with E-state index in [4.69, 9.17) is 9.47 Å². The molecule has 176 valence electrons. The number of rotatable bonds is 7. The summed E-state index contributed by atoms with van der Waals surface area (Å²) in [4.78, 5) is 42.3. The molecule has 0 unspecified atom stereocenters. The second-order valence-corrected chi connectivity index (χ2v) is 8.07. The third-order valence-corrected chi connectivity index (χ3v) is 5.99. The van der Waals surface area contributed by atoms with Gasteiger partial charge in [0.25, 0.3) is 11.6 Å². The number of benzene rings is 1. The summed E-state index contributed by atoms with van der Waals surface area (Å²) in [7, 11) is 1.43. The molecule has 32 heavy (non-hydrogen) atoms. The summed E-state index contributed by atoms with van der Waals surface area (Å²) in [6, 6.07) is 2.62. The molecule has 0 saturated carbocycles. The Morgan fingerprint density at radius 2 is 1.62 bits per heavy atom. The van der Waals surface area contributed by atoms with Crippen molar-refractivity contribution in [3.05, 3.63) is 27.8 Å². The molecule has 0 radical (unpaired) electrons. The van der Waals surface area contributed by atoms with Gasteiger partial charge in [0.1, 0.15) is 5.56 Å². The van der Waals surface area contributed by atoms with Crippen LogP contribution in [0.25, 0.3) is 0 Å². The zero-order chi connectivity index (χ0) is 23.1. The van der Waals surface area contributed by atoms with E-state index in [0.717, 1.165) is 25.9 Å². The fourth-order valence-electron chi connectivity index (χ4n) is 4.19. The molecule has 2 aliphatic heterocycles. The molecule has 0 aromatic heterocycles. The molecule has 0 aliphatic carbocycles. The Balaban J connectivity index is 1.64. The SMILES string of the molecule is CCOc1cc([N+](=O)[O-])c(C(=O)N2CCN(CC(=O)N3CCCCCC3)CC2)cc1OC. The van der Waals surface area contributed by atoms with Crippen LogP contribution in [-0.4, -0.2) is 91.0 Å². The molecule has 1 aromatic rings. The lowest BCUT2D eigenvalue weighted by atomic mass is 10.1. The highest BCUT2D eigenvalue weighted by molar-refractivity contribution is 5.99. The number of piperazine rings is 1. The Hall–Kier alpha value is -2.88. The van der Waals surface area contributed by atoms with E-state index in [-0.39, 0.29) is 28.7 Å². The van der Waals surface area contributed by atoms with E-state index < -0.39 is 10.8 Å². The Morgan fingerprint density at radius 1 is 0.969 bits per heavy atom. The lowest BCUT2D eigenvalue weighted by Gasteiger charge is -2.35. The van der Waals surface area contributed by atoms with Crippen molar-refractivity contribution < 1.29 is 24.0 Å². The van der Waals surface area contributed by atoms with Crippen molar-refractivity contribution in [3.63, 3.8) is 0 Å². The van der Waals surface area contributed by atoms with Crippen LogP contribution in [0.15, 0.2) is 12.1 Å². The van der Waals surface area contributed by atoms with Crippen molar-refractivity contribution in [2.24, 2.45) is 0 Å². The van der Waals surface area contributed by atoms with E-state index in [1.165, 1.54) is 32.1 Å². The zero-order valence-electron chi connectivity index (χ0n) is 18.9. The number of carbonyl (C=O) groups excluding carboxylic acids is 2. The first-order valence-corrected chi connectivity index (χ1v) is 11.2. The Labute approximate surface area is 188 Å². The lowest BCUT2D eigenvalue weighted by molar-refractivity contribution is -0.385. The van der Waals surface area contributed by atoms with Crippen LogP contribution in [0.2, 0.25) is 0 Å². The van der Waals surface area contributed by atoms with Gasteiger partial charge < -0.3 is 19.3 Å². The van der Waals surface area contributed by atoms with Crippen LogP contribution < -0.4 is 9.47 Å². The van der Waals surface area contributed by atoms with Gasteiger partial charge in [-0.25, -0.2) is 0 Å². The van der Waals surface area contributed by atoms with Crippen molar-refractivity contribution in [2.75, 3.05) is 59.5 Å². The van der Waals surface area contributed by atoms with E-state index in [2.05, 4.69) is 0 Å². The minimum atomic E-state index is -0.578. The van der Waals surface area contributed by atoms with E-state index in [9.17, 15) is 19.7 Å². The average Bonchev–Trinajstić information content (AvgIpc) is 3.09. The summed E-state index contributed by atoms with van der Waals surface area (Å²) in [6.45, 7) is 5.97. The number of nitrogens with zero attached hydrogens (tertiary/aromatic N) is 4. The van der Waals surface area contributed by atoms with Gasteiger partial charge in [-0.3, -0.25) is 24.6 Å². The number of ether oxygens (including phenoxy) is 2. The lowest BCUT2D eigenvalue weighted by Crippen LogP contribution is -2.51. The molecule has 2 heterocycles. The number of hydrogen-bond acceptors (Lipinski definition) is 7. The molecule has 0 atom stereocenters. The fourth-order valence-corrected chi connectivity index (χ4v) is 4.19. The van der Waals surface area contributed by atoms with Crippen molar-refractivity contribution in [3.8, 4) is 11.5 Å². The van der Waals surface area contributed by atoms with E-state index in [1.807, 2.05) is 9.80 Å². The second kappa shape index (κ2) is 11.1. The molecule has 0 bridgehead atoms. The van der Waals surface area contributed by atoms with E-state index in [0.29, 0.717) is 39.3 Å². The molecule has 3 rings (SSSR count). The average molecular weight is 449 g/mol. The van der Waals surface area contributed by atoms with Gasteiger partial charge in [-0.1, -0.05) is 12.8 Å². The van der Waals surface area contributed by atoms with Crippen LogP contribution in [0.1, 0.15) is 43.0 Å². The van der Waals surface area contributed by atoms with Crippen LogP contribution in [0.3, 0.4) is 0 Å². The number of methoxy groups -OCH3 is 1. The van der Waals surface area contributed by atoms with Crippen molar-refractivity contribution in [1.29, 1.82) is 0 Å². The predicted molar refractivity (Wildman–Crippen MR) is 118 cm³/mol. The van der Waals surface area contributed by atoms with Gasteiger partial charge in [0.05, 0.1) is 31.3 Å². The maximum atomic E-state index is 13.1. The van der Waals surface area contributed by atoms with Gasteiger partial charge in [0, 0.05) is 45.3 Å². The van der Waals surface area contributed by atoms with Crippen LogP contribution >= 0.6 is 0 Å². The molecule has 0 N–H and O–H groups in total. The third-order valence-electron chi connectivity index (χ3n) is 5.99. The van der Waals surface area contributed by atoms with Crippen LogP contribution in [0, 0.1) is 10.1 Å². The summed E-state index contributed by atoms with van der Waals surface area (Å²) in [5.41, 5.74) is -0.331. The van der Waals surface area contributed by atoms with Crippen molar-refractivity contribution in [2.45, 2.75) is 32.6 Å². The highest BCUT2D eigenvalue weighted by Crippen LogP contribution is 2.35. The first kappa shape index (κ1) is 23.8. The topological polar surface area (TPSA) is 105 Å². The molecular formula is C22H32N4O6. The quantitative estimate of drug-likeness (QED) is 0.465. The van der Waals surface area contributed by atoms with E-state index >= 15 is 0 Å². The summed E-state index contributed by atoms with van der Waals surface area (Å²) in [5.74, 6) is 0.229.